The fourth-order valence-corrected chi connectivity index (χ4v) is 7.03. The lowest BCUT2D eigenvalue weighted by molar-refractivity contribution is -0.137. The first-order chi connectivity index (χ1) is 21.0. The van der Waals surface area contributed by atoms with E-state index in [1.165, 1.54) is 31.4 Å². The Morgan fingerprint density at radius 3 is 2.52 bits per heavy atom. The molecule has 0 radical (unpaired) electrons. The summed E-state index contributed by atoms with van der Waals surface area (Å²) < 4.78 is 82.1. The Kier molecular flexibility index (Phi) is 9.96. The molecule has 2 aromatic carbocycles. The monoisotopic (exact) mass is 633 g/mol. The summed E-state index contributed by atoms with van der Waals surface area (Å²) >= 11 is 0. The van der Waals surface area contributed by atoms with Crippen LogP contribution in [0.4, 0.5) is 17.6 Å². The van der Waals surface area contributed by atoms with E-state index in [9.17, 15) is 30.8 Å². The molecule has 2 aliphatic rings. The van der Waals surface area contributed by atoms with E-state index in [4.69, 9.17) is 4.98 Å². The highest BCUT2D eigenvalue weighted by molar-refractivity contribution is 7.89. The maximum Gasteiger partial charge on any atom is 0.416 e. The molecule has 3 aromatic rings. The second kappa shape index (κ2) is 13.7. The molecular weight excluding hydrogens is 598 g/mol. The summed E-state index contributed by atoms with van der Waals surface area (Å²) in [7, 11) is -4.49. The topological polar surface area (TPSA) is 104 Å². The van der Waals surface area contributed by atoms with Gasteiger partial charge in [-0.15, -0.1) is 0 Å². The number of sulfonamides is 1. The number of carbonyl (C=O) groups excluding carboxylic acids is 1. The number of carbonyl (C=O) groups is 1. The van der Waals surface area contributed by atoms with Crippen LogP contribution in [0.5, 0.6) is 0 Å². The summed E-state index contributed by atoms with van der Waals surface area (Å²) in [4.78, 5) is 24.5. The first-order valence-electron chi connectivity index (χ1n) is 14.8. The highest BCUT2D eigenvalue weighted by Gasteiger charge is 2.33. The predicted molar refractivity (Wildman–Crippen MR) is 155 cm³/mol. The van der Waals surface area contributed by atoms with Crippen LogP contribution in [0.2, 0.25) is 0 Å². The number of hydrogen-bond donors (Lipinski definition) is 2. The molecule has 1 fully saturated rings. The Balaban J connectivity index is 1.29. The summed E-state index contributed by atoms with van der Waals surface area (Å²) in [5.41, 5.74) is 0.854. The lowest BCUT2D eigenvalue weighted by Crippen LogP contribution is -2.36. The first kappa shape index (κ1) is 32.0. The van der Waals surface area contributed by atoms with Crippen LogP contribution in [-0.4, -0.2) is 48.8 Å². The van der Waals surface area contributed by atoms with Crippen LogP contribution in [-0.2, 0) is 33.8 Å². The van der Waals surface area contributed by atoms with Gasteiger partial charge in [0, 0.05) is 36.8 Å². The van der Waals surface area contributed by atoms with Crippen molar-refractivity contribution >= 4 is 15.9 Å². The number of amides is 1. The maximum absolute atomic E-state index is 13.7. The van der Waals surface area contributed by atoms with Gasteiger partial charge in [0.05, 0.1) is 22.5 Å². The van der Waals surface area contributed by atoms with Gasteiger partial charge in [-0.2, -0.15) is 13.2 Å². The third-order valence-electron chi connectivity index (χ3n) is 8.10. The quantitative estimate of drug-likeness (QED) is 0.295. The molecule has 0 bridgehead atoms. The molecule has 44 heavy (non-hydrogen) atoms. The Morgan fingerprint density at radius 1 is 1.05 bits per heavy atom. The van der Waals surface area contributed by atoms with E-state index in [0.29, 0.717) is 12.5 Å². The molecule has 0 spiro atoms. The fraction of sp³-hybridized carbons (Fsp3) is 0.452. The van der Waals surface area contributed by atoms with Crippen LogP contribution >= 0.6 is 0 Å². The third kappa shape index (κ3) is 8.19. The molecule has 0 saturated carbocycles. The van der Waals surface area contributed by atoms with Crippen LogP contribution in [0.25, 0.3) is 0 Å². The average molecular weight is 634 g/mol. The van der Waals surface area contributed by atoms with Crippen molar-refractivity contribution in [2.75, 3.05) is 19.6 Å². The van der Waals surface area contributed by atoms with Crippen LogP contribution in [0.15, 0.2) is 59.6 Å². The minimum Gasteiger partial charge on any atom is -0.349 e. The normalized spacial score (nSPS) is 18.4. The van der Waals surface area contributed by atoms with Gasteiger partial charge in [0.15, 0.2) is 0 Å². The number of fused-ring (bicyclic) bond motifs is 1. The second-order valence-electron chi connectivity index (χ2n) is 11.3. The smallest absolute Gasteiger partial charge is 0.349 e. The van der Waals surface area contributed by atoms with Gasteiger partial charge in [-0.25, -0.2) is 27.5 Å². The standard InChI is InChI=1S/C31H35F4N5O3S/c32-23-12-10-21(11-13-23)28(39-44(42,43)24-7-4-6-22(18-24)31(33,34)35)19-30(41)38-27-9-5-8-26-25(27)20-36-29(37-26)14-17-40-15-2-1-3-16-40/h4,6-7,10-13,18,20,27-28,39H,1-3,5,8-9,14-17,19H2,(H,38,41)/t27-,28-/m1/s1. The third-order valence-corrected chi connectivity index (χ3v) is 9.57. The summed E-state index contributed by atoms with van der Waals surface area (Å²) in [6, 6.07) is 6.69. The number of likely N-dealkylation sites (tertiary alicyclic amines) is 1. The molecule has 236 valence electrons. The van der Waals surface area contributed by atoms with Crippen molar-refractivity contribution < 1.29 is 30.8 Å². The fourth-order valence-electron chi connectivity index (χ4n) is 5.76. The zero-order valence-electron chi connectivity index (χ0n) is 24.1. The van der Waals surface area contributed by atoms with E-state index in [1.54, 1.807) is 6.20 Å². The number of hydrogen-bond acceptors (Lipinski definition) is 6. The van der Waals surface area contributed by atoms with Gasteiger partial charge in [0.2, 0.25) is 15.9 Å². The van der Waals surface area contributed by atoms with E-state index in [1.807, 2.05) is 0 Å². The number of benzene rings is 2. The summed E-state index contributed by atoms with van der Waals surface area (Å²) in [5.74, 6) is -0.286. The molecule has 1 aliphatic carbocycles. The highest BCUT2D eigenvalue weighted by atomic mass is 32.2. The van der Waals surface area contributed by atoms with Crippen molar-refractivity contribution in [3.05, 3.63) is 88.8 Å². The Morgan fingerprint density at radius 2 is 1.80 bits per heavy atom. The van der Waals surface area contributed by atoms with Crippen LogP contribution in [0.1, 0.15) is 78.8 Å². The maximum atomic E-state index is 13.7. The number of aryl methyl sites for hydroxylation is 1. The molecule has 8 nitrogen and oxygen atoms in total. The molecule has 1 aliphatic heterocycles. The molecule has 5 rings (SSSR count). The van der Waals surface area contributed by atoms with Crippen LogP contribution in [0, 0.1) is 5.82 Å². The molecule has 1 amide bonds. The van der Waals surface area contributed by atoms with Crippen molar-refractivity contribution in [2.45, 2.75) is 74.5 Å². The van der Waals surface area contributed by atoms with Gasteiger partial charge in [-0.1, -0.05) is 24.6 Å². The van der Waals surface area contributed by atoms with E-state index < -0.39 is 44.4 Å². The van der Waals surface area contributed by atoms with Gasteiger partial charge >= 0.3 is 6.18 Å². The summed E-state index contributed by atoms with van der Waals surface area (Å²) in [6.45, 7) is 3.09. The lowest BCUT2D eigenvalue weighted by atomic mass is 9.92. The van der Waals surface area contributed by atoms with Crippen molar-refractivity contribution in [3.8, 4) is 0 Å². The van der Waals surface area contributed by atoms with E-state index in [-0.39, 0.29) is 18.0 Å². The first-order valence-corrected chi connectivity index (χ1v) is 16.3. The zero-order valence-corrected chi connectivity index (χ0v) is 24.9. The number of alkyl halides is 3. The van der Waals surface area contributed by atoms with E-state index in [2.05, 4.69) is 19.9 Å². The molecule has 13 heteroatoms. The molecular formula is C31H35F4N5O3S. The van der Waals surface area contributed by atoms with Crippen LogP contribution in [0.3, 0.4) is 0 Å². The molecule has 2 N–H and O–H groups in total. The Hall–Kier alpha value is -3.42. The van der Waals surface area contributed by atoms with Gasteiger partial charge in [-0.05, 0) is 81.1 Å². The van der Waals surface area contributed by atoms with E-state index >= 15 is 0 Å². The van der Waals surface area contributed by atoms with E-state index in [0.717, 1.165) is 86.3 Å². The van der Waals surface area contributed by atoms with Gasteiger partial charge < -0.3 is 10.2 Å². The Labute approximate surface area is 254 Å². The number of halogens is 4. The summed E-state index contributed by atoms with van der Waals surface area (Å²) in [5, 5.41) is 2.96. The lowest BCUT2D eigenvalue weighted by Gasteiger charge is -2.28. The molecule has 2 heterocycles. The average Bonchev–Trinajstić information content (AvgIpc) is 3.00. The highest BCUT2D eigenvalue weighted by Crippen LogP contribution is 2.32. The van der Waals surface area contributed by atoms with Gasteiger partial charge in [0.1, 0.15) is 11.6 Å². The molecule has 1 saturated heterocycles. The predicted octanol–water partition coefficient (Wildman–Crippen LogP) is 5.27. The molecule has 2 atom stereocenters. The van der Waals surface area contributed by atoms with Crippen LogP contribution < -0.4 is 10.0 Å². The SMILES string of the molecule is O=C(C[C@@H](NS(=O)(=O)c1cccc(C(F)(F)F)c1)c1ccc(F)cc1)N[C@@H]1CCCc2nc(CCN3CCCCC3)ncc21. The van der Waals surface area contributed by atoms with Crippen molar-refractivity contribution in [1.29, 1.82) is 0 Å². The second-order valence-corrected chi connectivity index (χ2v) is 13.0. The van der Waals surface area contributed by atoms with Crippen molar-refractivity contribution in [2.24, 2.45) is 0 Å². The minimum absolute atomic E-state index is 0.280. The summed E-state index contributed by atoms with van der Waals surface area (Å²) in [6.07, 6.45) is 3.28. The van der Waals surface area contributed by atoms with Crippen molar-refractivity contribution in [3.63, 3.8) is 0 Å². The number of piperidine rings is 1. The van der Waals surface area contributed by atoms with Crippen molar-refractivity contribution in [1.82, 2.24) is 24.9 Å². The molecule has 1 aromatic heterocycles. The Bertz CT molecular complexity index is 1560. The number of rotatable bonds is 10. The number of nitrogens with one attached hydrogen (secondary N) is 2. The van der Waals surface area contributed by atoms with Gasteiger partial charge in [-0.3, -0.25) is 4.79 Å². The number of nitrogens with zero attached hydrogens (tertiary/aromatic N) is 3. The molecule has 0 unspecified atom stereocenters. The largest absolute Gasteiger partial charge is 0.416 e. The minimum atomic E-state index is -4.74. The zero-order chi connectivity index (χ0) is 31.3. The number of aromatic nitrogens is 2. The van der Waals surface area contributed by atoms with Gasteiger partial charge in [0.25, 0.3) is 0 Å².